The van der Waals surface area contributed by atoms with Crippen LogP contribution in [-0.2, 0) is 10.3 Å². The average Bonchev–Trinajstić information content (AvgIpc) is 3.19. The zero-order valence-electron chi connectivity index (χ0n) is 14.3. The van der Waals surface area contributed by atoms with Crippen LogP contribution in [0.1, 0.15) is 18.7 Å². The molecule has 0 amide bonds. The fourth-order valence-electron chi connectivity index (χ4n) is 3.49. The predicted molar refractivity (Wildman–Crippen MR) is 97.3 cm³/mol. The quantitative estimate of drug-likeness (QED) is 0.526. The Morgan fingerprint density at radius 1 is 1.22 bits per heavy atom. The average molecular weight is 392 g/mol. The molecule has 142 valence electrons. The molecule has 0 spiro atoms. The molecular weight excluding hydrogens is 374 g/mol. The zero-order chi connectivity index (χ0) is 19.3. The van der Waals surface area contributed by atoms with Crippen LogP contribution in [0, 0.1) is 0 Å². The summed E-state index contributed by atoms with van der Waals surface area (Å²) in [4.78, 5) is 18.5. The second-order valence-corrected chi connectivity index (χ2v) is 7.21. The molecule has 4 rings (SSSR count). The fraction of sp³-hybridized carbons (Fsp3) is 0.333. The molecule has 4 N–H and O–H groups in total. The zero-order valence-corrected chi connectivity index (χ0v) is 15.0. The molecule has 0 radical (unpaired) electrons. The first-order valence-corrected chi connectivity index (χ1v) is 8.73. The van der Waals surface area contributed by atoms with Crippen molar-refractivity contribution in [3.8, 4) is 0 Å². The van der Waals surface area contributed by atoms with Crippen molar-refractivity contribution in [2.24, 2.45) is 0 Å². The molecule has 1 fully saturated rings. The van der Waals surface area contributed by atoms with E-state index in [4.69, 9.17) is 16.3 Å². The van der Waals surface area contributed by atoms with E-state index in [9.17, 15) is 20.1 Å². The maximum Gasteiger partial charge on any atom is 0.260 e. The summed E-state index contributed by atoms with van der Waals surface area (Å²) in [6, 6.07) is 8.05. The number of aromatic nitrogens is 3. The van der Waals surface area contributed by atoms with Crippen molar-refractivity contribution in [1.82, 2.24) is 14.5 Å². The lowest BCUT2D eigenvalue weighted by Crippen LogP contribution is -2.45. The van der Waals surface area contributed by atoms with Gasteiger partial charge in [0.25, 0.3) is 5.56 Å². The SMILES string of the molecule is C[C@@](O)(c1ccc(Cl)cc1)[C@H]1O[C@@H](n2ccc3c(=O)[nH]cnc32)[C@H](O)[C@@H]1O. The maximum atomic E-state index is 11.9. The van der Waals surface area contributed by atoms with Gasteiger partial charge in [-0.2, -0.15) is 0 Å². The standard InChI is InChI=1S/C18H18ClN3O5/c1-18(26,9-2-4-10(19)5-3-9)14-12(23)13(24)17(27-14)22-7-6-11-15(22)20-8-21-16(11)25/h2-8,12-14,17,23-24,26H,1H3,(H,20,21,25)/t12-,13+,14-,17+,18+/m0/s1. The molecule has 1 aliphatic rings. The molecule has 8 nitrogen and oxygen atoms in total. The lowest BCUT2D eigenvalue weighted by atomic mass is 9.87. The molecular formula is C18H18ClN3O5. The third-order valence-corrected chi connectivity index (χ3v) is 5.26. The van der Waals surface area contributed by atoms with Gasteiger partial charge in [0.2, 0.25) is 0 Å². The van der Waals surface area contributed by atoms with Crippen LogP contribution < -0.4 is 5.56 Å². The van der Waals surface area contributed by atoms with Gasteiger partial charge in [-0.25, -0.2) is 4.98 Å². The van der Waals surface area contributed by atoms with Crippen LogP contribution in [0.4, 0.5) is 0 Å². The second-order valence-electron chi connectivity index (χ2n) is 6.77. The Kier molecular flexibility index (Phi) is 4.32. The van der Waals surface area contributed by atoms with Crippen molar-refractivity contribution in [2.45, 2.75) is 37.1 Å². The third-order valence-electron chi connectivity index (χ3n) is 5.01. The number of aliphatic hydroxyl groups is 3. The molecule has 1 aliphatic heterocycles. The summed E-state index contributed by atoms with van der Waals surface area (Å²) in [7, 11) is 0. The van der Waals surface area contributed by atoms with Crippen LogP contribution in [0.5, 0.6) is 0 Å². The Morgan fingerprint density at radius 3 is 2.63 bits per heavy atom. The molecule has 0 bridgehead atoms. The number of rotatable bonds is 3. The molecule has 9 heteroatoms. The van der Waals surface area contributed by atoms with Crippen LogP contribution in [0.25, 0.3) is 11.0 Å². The first kappa shape index (κ1) is 18.1. The Labute approximate surface area is 158 Å². The summed E-state index contributed by atoms with van der Waals surface area (Å²) in [6.45, 7) is 1.50. The fourth-order valence-corrected chi connectivity index (χ4v) is 3.62. The number of aromatic amines is 1. The van der Waals surface area contributed by atoms with Crippen molar-refractivity contribution in [2.75, 3.05) is 0 Å². The minimum absolute atomic E-state index is 0.307. The van der Waals surface area contributed by atoms with E-state index in [1.54, 1.807) is 36.5 Å². The Balaban J connectivity index is 1.71. The monoisotopic (exact) mass is 391 g/mol. The normalized spacial score (nSPS) is 27.7. The van der Waals surface area contributed by atoms with Gasteiger partial charge in [-0.05, 0) is 30.7 Å². The van der Waals surface area contributed by atoms with E-state index in [2.05, 4.69) is 9.97 Å². The van der Waals surface area contributed by atoms with Crippen molar-refractivity contribution < 1.29 is 20.1 Å². The molecule has 1 saturated heterocycles. The number of aliphatic hydroxyl groups excluding tert-OH is 2. The molecule has 0 unspecified atom stereocenters. The van der Waals surface area contributed by atoms with Crippen molar-refractivity contribution in [1.29, 1.82) is 0 Å². The Bertz CT molecular complexity index is 1030. The summed E-state index contributed by atoms with van der Waals surface area (Å²) >= 11 is 5.89. The van der Waals surface area contributed by atoms with Crippen LogP contribution >= 0.6 is 11.6 Å². The number of fused-ring (bicyclic) bond motifs is 1. The first-order chi connectivity index (χ1) is 12.8. The minimum atomic E-state index is -1.59. The highest BCUT2D eigenvalue weighted by Gasteiger charge is 2.52. The number of benzene rings is 1. The number of hydrogen-bond donors (Lipinski definition) is 4. The summed E-state index contributed by atoms with van der Waals surface area (Å²) in [5, 5.41) is 32.9. The van der Waals surface area contributed by atoms with Gasteiger partial charge in [0, 0.05) is 11.2 Å². The lowest BCUT2D eigenvalue weighted by molar-refractivity contribution is -0.135. The second kappa shape index (κ2) is 6.43. The van der Waals surface area contributed by atoms with Gasteiger partial charge in [0.1, 0.15) is 29.6 Å². The number of halogens is 1. The van der Waals surface area contributed by atoms with Gasteiger partial charge < -0.3 is 29.6 Å². The van der Waals surface area contributed by atoms with Crippen LogP contribution in [0.15, 0.2) is 47.7 Å². The number of hydrogen-bond acceptors (Lipinski definition) is 6. The highest BCUT2D eigenvalue weighted by atomic mass is 35.5. The van der Waals surface area contributed by atoms with Crippen molar-refractivity contribution in [3.63, 3.8) is 0 Å². The van der Waals surface area contributed by atoms with Crippen molar-refractivity contribution in [3.05, 3.63) is 63.8 Å². The minimum Gasteiger partial charge on any atom is -0.387 e. The van der Waals surface area contributed by atoms with Crippen LogP contribution in [0.2, 0.25) is 5.02 Å². The maximum absolute atomic E-state index is 11.9. The molecule has 0 aliphatic carbocycles. The number of H-pyrrole nitrogens is 1. The van der Waals surface area contributed by atoms with E-state index < -0.39 is 30.1 Å². The van der Waals surface area contributed by atoms with Crippen molar-refractivity contribution >= 4 is 22.6 Å². The van der Waals surface area contributed by atoms with Gasteiger partial charge in [0.05, 0.1) is 11.7 Å². The smallest absolute Gasteiger partial charge is 0.260 e. The highest BCUT2D eigenvalue weighted by molar-refractivity contribution is 6.30. The topological polar surface area (TPSA) is 121 Å². The number of ether oxygens (including phenoxy) is 1. The summed E-state index contributed by atoms with van der Waals surface area (Å²) in [5.74, 6) is 0. The van der Waals surface area contributed by atoms with E-state index in [-0.39, 0.29) is 5.56 Å². The van der Waals surface area contributed by atoms with Crippen LogP contribution in [-0.4, -0.2) is 48.2 Å². The lowest BCUT2D eigenvalue weighted by Gasteiger charge is -2.32. The largest absolute Gasteiger partial charge is 0.387 e. The molecule has 1 aromatic carbocycles. The van der Waals surface area contributed by atoms with Gasteiger partial charge in [0.15, 0.2) is 6.23 Å². The Hall–Kier alpha value is -2.23. The molecule has 5 atom stereocenters. The van der Waals surface area contributed by atoms with Gasteiger partial charge in [-0.3, -0.25) is 4.79 Å². The summed E-state index contributed by atoms with van der Waals surface area (Å²) in [6.07, 6.45) is -2.02. The van der Waals surface area contributed by atoms with Gasteiger partial charge in [-0.1, -0.05) is 23.7 Å². The van der Waals surface area contributed by atoms with Gasteiger partial charge in [-0.15, -0.1) is 0 Å². The van der Waals surface area contributed by atoms with E-state index in [0.717, 1.165) is 0 Å². The molecule has 27 heavy (non-hydrogen) atoms. The number of nitrogens with zero attached hydrogens (tertiary/aromatic N) is 2. The van der Waals surface area contributed by atoms with E-state index >= 15 is 0 Å². The predicted octanol–water partition coefficient (Wildman–Crippen LogP) is 0.905. The van der Waals surface area contributed by atoms with Crippen LogP contribution in [0.3, 0.4) is 0 Å². The third kappa shape index (κ3) is 2.86. The first-order valence-electron chi connectivity index (χ1n) is 8.35. The highest BCUT2D eigenvalue weighted by Crippen LogP contribution is 2.40. The molecule has 0 saturated carbocycles. The Morgan fingerprint density at radius 2 is 1.93 bits per heavy atom. The molecule has 3 heterocycles. The summed E-state index contributed by atoms with van der Waals surface area (Å²) in [5.41, 5.74) is -1.12. The van der Waals surface area contributed by atoms with E-state index in [0.29, 0.717) is 21.6 Å². The number of nitrogens with one attached hydrogen (secondary N) is 1. The molecule has 2 aromatic heterocycles. The van der Waals surface area contributed by atoms with Gasteiger partial charge >= 0.3 is 0 Å². The molecule has 3 aromatic rings. The summed E-state index contributed by atoms with van der Waals surface area (Å²) < 4.78 is 7.32. The van der Waals surface area contributed by atoms with E-state index in [1.165, 1.54) is 17.8 Å². The van der Waals surface area contributed by atoms with E-state index in [1.807, 2.05) is 0 Å².